The monoisotopic (exact) mass is 376 g/mol. The van der Waals surface area contributed by atoms with Gasteiger partial charge in [0.1, 0.15) is 22.0 Å². The van der Waals surface area contributed by atoms with Crippen molar-refractivity contribution in [1.29, 1.82) is 0 Å². The van der Waals surface area contributed by atoms with Crippen LogP contribution in [-0.4, -0.2) is 46.9 Å². The van der Waals surface area contributed by atoms with Gasteiger partial charge >= 0.3 is 0 Å². The average molecular weight is 376 g/mol. The molecule has 9 heteroatoms. The summed E-state index contributed by atoms with van der Waals surface area (Å²) in [6.45, 7) is 0.834. The molecule has 4 heterocycles. The molecule has 0 aromatic carbocycles. The predicted molar refractivity (Wildman–Crippen MR) is 94.1 cm³/mol. The summed E-state index contributed by atoms with van der Waals surface area (Å²) in [6.07, 6.45) is 5.62. The molecule has 130 valence electrons. The number of rotatable bonds is 4. The SMILES string of the molecule is O=S(=O)(c1cccnc1)N1CCC(Oc2ncnc3ccsc23)CC1. The highest BCUT2D eigenvalue weighted by Crippen LogP contribution is 2.29. The molecule has 1 aliphatic rings. The van der Waals surface area contributed by atoms with Crippen LogP contribution in [0.3, 0.4) is 0 Å². The van der Waals surface area contributed by atoms with Gasteiger partial charge in [-0.05, 0) is 36.4 Å². The van der Waals surface area contributed by atoms with E-state index in [-0.39, 0.29) is 11.0 Å². The second kappa shape index (κ2) is 6.66. The van der Waals surface area contributed by atoms with Gasteiger partial charge in [0.15, 0.2) is 0 Å². The molecule has 0 N–H and O–H groups in total. The summed E-state index contributed by atoms with van der Waals surface area (Å²) in [5, 5.41) is 1.95. The molecular weight excluding hydrogens is 360 g/mol. The van der Waals surface area contributed by atoms with Gasteiger partial charge in [-0.25, -0.2) is 18.4 Å². The molecule has 0 atom stereocenters. The number of thiophene rings is 1. The summed E-state index contributed by atoms with van der Waals surface area (Å²) in [5.41, 5.74) is 0.867. The average Bonchev–Trinajstić information content (AvgIpc) is 3.13. The van der Waals surface area contributed by atoms with Crippen LogP contribution in [0.1, 0.15) is 12.8 Å². The van der Waals surface area contributed by atoms with E-state index in [0.717, 1.165) is 10.2 Å². The summed E-state index contributed by atoms with van der Waals surface area (Å²) < 4.78 is 33.7. The van der Waals surface area contributed by atoms with E-state index in [0.29, 0.717) is 31.8 Å². The van der Waals surface area contributed by atoms with Crippen LogP contribution in [0.2, 0.25) is 0 Å². The molecule has 0 bridgehead atoms. The molecule has 0 amide bonds. The van der Waals surface area contributed by atoms with Crippen molar-refractivity contribution in [2.24, 2.45) is 0 Å². The van der Waals surface area contributed by atoms with Gasteiger partial charge in [0.05, 0.1) is 5.52 Å². The molecule has 3 aromatic rings. The first-order chi connectivity index (χ1) is 12.1. The molecule has 4 rings (SSSR count). The minimum Gasteiger partial charge on any atom is -0.473 e. The first kappa shape index (κ1) is 16.4. The van der Waals surface area contributed by atoms with Crippen molar-refractivity contribution in [2.75, 3.05) is 13.1 Å². The van der Waals surface area contributed by atoms with Crippen LogP contribution in [0.25, 0.3) is 10.2 Å². The topological polar surface area (TPSA) is 85.3 Å². The van der Waals surface area contributed by atoms with Crippen LogP contribution < -0.4 is 4.74 Å². The van der Waals surface area contributed by atoms with Crippen LogP contribution in [-0.2, 0) is 10.0 Å². The summed E-state index contributed by atoms with van der Waals surface area (Å²) >= 11 is 1.54. The number of sulfonamides is 1. The van der Waals surface area contributed by atoms with Crippen molar-refractivity contribution in [1.82, 2.24) is 19.3 Å². The second-order valence-electron chi connectivity index (χ2n) is 5.72. The maximum Gasteiger partial charge on any atom is 0.244 e. The van der Waals surface area contributed by atoms with Crippen LogP contribution in [0, 0.1) is 0 Å². The molecule has 0 spiro atoms. The highest BCUT2D eigenvalue weighted by atomic mass is 32.2. The Hall–Kier alpha value is -2.10. The molecule has 1 fully saturated rings. The predicted octanol–water partition coefficient (Wildman–Crippen LogP) is 2.32. The van der Waals surface area contributed by atoms with Crippen molar-refractivity contribution in [2.45, 2.75) is 23.8 Å². The number of hydrogen-bond acceptors (Lipinski definition) is 7. The molecular formula is C16H16N4O3S2. The lowest BCUT2D eigenvalue weighted by atomic mass is 10.1. The van der Waals surface area contributed by atoms with E-state index >= 15 is 0 Å². The highest BCUT2D eigenvalue weighted by molar-refractivity contribution is 7.89. The summed E-state index contributed by atoms with van der Waals surface area (Å²) in [5.74, 6) is 0.577. The van der Waals surface area contributed by atoms with E-state index in [2.05, 4.69) is 15.0 Å². The Morgan fingerprint density at radius 1 is 1.20 bits per heavy atom. The van der Waals surface area contributed by atoms with E-state index in [1.54, 1.807) is 29.7 Å². The van der Waals surface area contributed by atoms with Crippen LogP contribution in [0.4, 0.5) is 0 Å². The van der Waals surface area contributed by atoms with Gasteiger partial charge in [0, 0.05) is 25.5 Å². The number of pyridine rings is 1. The Morgan fingerprint density at radius 3 is 2.80 bits per heavy atom. The largest absolute Gasteiger partial charge is 0.473 e. The number of ether oxygens (including phenoxy) is 1. The lowest BCUT2D eigenvalue weighted by molar-refractivity contribution is 0.132. The minimum absolute atomic E-state index is 0.0550. The highest BCUT2D eigenvalue weighted by Gasteiger charge is 2.30. The maximum absolute atomic E-state index is 12.6. The minimum atomic E-state index is -3.49. The summed E-state index contributed by atoms with van der Waals surface area (Å²) in [4.78, 5) is 12.5. The molecule has 0 saturated carbocycles. The van der Waals surface area contributed by atoms with E-state index < -0.39 is 10.0 Å². The van der Waals surface area contributed by atoms with Crippen LogP contribution in [0.15, 0.2) is 47.2 Å². The molecule has 3 aromatic heterocycles. The van der Waals surface area contributed by atoms with E-state index in [4.69, 9.17) is 4.74 Å². The zero-order valence-electron chi connectivity index (χ0n) is 13.3. The standard InChI is InChI=1S/C16H16N4O3S2/c21-25(22,13-2-1-6-17-10-13)20-7-3-12(4-8-20)23-16-15-14(5-9-24-15)18-11-19-16/h1-2,5-6,9-12H,3-4,7-8H2. The van der Waals surface area contributed by atoms with E-state index in [1.165, 1.54) is 16.8 Å². The number of nitrogens with zero attached hydrogens (tertiary/aromatic N) is 4. The summed E-state index contributed by atoms with van der Waals surface area (Å²) in [6, 6.07) is 5.13. The third kappa shape index (κ3) is 3.22. The molecule has 7 nitrogen and oxygen atoms in total. The zero-order valence-corrected chi connectivity index (χ0v) is 14.9. The smallest absolute Gasteiger partial charge is 0.244 e. The first-order valence-corrected chi connectivity index (χ1v) is 10.2. The van der Waals surface area contributed by atoms with Gasteiger partial charge in [-0.1, -0.05) is 0 Å². The quantitative estimate of drug-likeness (QED) is 0.695. The fourth-order valence-electron chi connectivity index (χ4n) is 2.85. The van der Waals surface area contributed by atoms with Gasteiger partial charge < -0.3 is 4.74 Å². The second-order valence-corrected chi connectivity index (χ2v) is 8.58. The Morgan fingerprint density at radius 2 is 2.04 bits per heavy atom. The Kier molecular flexibility index (Phi) is 4.36. The fourth-order valence-corrected chi connectivity index (χ4v) is 5.06. The maximum atomic E-state index is 12.6. The van der Waals surface area contributed by atoms with Gasteiger partial charge in [-0.2, -0.15) is 4.31 Å². The number of aromatic nitrogens is 3. The lowest BCUT2D eigenvalue weighted by Crippen LogP contribution is -2.41. The summed E-state index contributed by atoms with van der Waals surface area (Å²) in [7, 11) is -3.49. The van der Waals surface area contributed by atoms with Gasteiger partial charge in [-0.15, -0.1) is 11.3 Å². The van der Waals surface area contributed by atoms with Crippen molar-refractivity contribution in [3.05, 3.63) is 42.3 Å². The number of hydrogen-bond donors (Lipinski definition) is 0. The third-order valence-corrected chi connectivity index (χ3v) is 6.94. The van der Waals surface area contributed by atoms with E-state index in [9.17, 15) is 8.42 Å². The number of piperidine rings is 1. The molecule has 1 aliphatic heterocycles. The molecule has 1 saturated heterocycles. The normalized spacial score (nSPS) is 17.0. The zero-order chi connectivity index (χ0) is 17.3. The Balaban J connectivity index is 1.44. The van der Waals surface area contributed by atoms with Crippen LogP contribution >= 0.6 is 11.3 Å². The third-order valence-electron chi connectivity index (χ3n) is 4.16. The van der Waals surface area contributed by atoms with Gasteiger partial charge in [-0.3, -0.25) is 4.98 Å². The van der Waals surface area contributed by atoms with Crippen molar-refractivity contribution >= 4 is 31.6 Å². The van der Waals surface area contributed by atoms with Crippen LogP contribution in [0.5, 0.6) is 5.88 Å². The molecule has 0 radical (unpaired) electrons. The molecule has 25 heavy (non-hydrogen) atoms. The number of fused-ring (bicyclic) bond motifs is 1. The van der Waals surface area contributed by atoms with Gasteiger partial charge in [0.2, 0.25) is 15.9 Å². The Labute approximate surface area is 149 Å². The molecule has 0 unspecified atom stereocenters. The first-order valence-electron chi connectivity index (χ1n) is 7.89. The lowest BCUT2D eigenvalue weighted by Gasteiger charge is -2.31. The molecule has 0 aliphatic carbocycles. The van der Waals surface area contributed by atoms with Gasteiger partial charge in [0.25, 0.3) is 0 Å². The van der Waals surface area contributed by atoms with Crippen molar-refractivity contribution < 1.29 is 13.2 Å². The van der Waals surface area contributed by atoms with E-state index in [1.807, 2.05) is 11.4 Å². The van der Waals surface area contributed by atoms with Crippen molar-refractivity contribution in [3.8, 4) is 5.88 Å². The fraction of sp³-hybridized carbons (Fsp3) is 0.312. The van der Waals surface area contributed by atoms with Crippen molar-refractivity contribution in [3.63, 3.8) is 0 Å². The Bertz CT molecular complexity index is 967.